The maximum Gasteiger partial charge on any atom is 0.0212 e. The summed E-state index contributed by atoms with van der Waals surface area (Å²) >= 11 is 0. The van der Waals surface area contributed by atoms with Crippen LogP contribution in [0, 0.1) is 5.92 Å². The van der Waals surface area contributed by atoms with Crippen LogP contribution in [0.5, 0.6) is 0 Å². The van der Waals surface area contributed by atoms with Crippen molar-refractivity contribution in [1.82, 2.24) is 10.2 Å². The summed E-state index contributed by atoms with van der Waals surface area (Å²) in [5, 5.41) is 3.95. The number of nitrogens with zero attached hydrogens (tertiary/aromatic N) is 1. The van der Waals surface area contributed by atoms with E-state index in [2.05, 4.69) is 24.1 Å². The molecule has 2 unspecified atom stereocenters. The number of likely N-dealkylation sites (tertiary alicyclic amines) is 1. The first-order valence-corrected chi connectivity index (χ1v) is 8.26. The first-order chi connectivity index (χ1) is 8.74. The van der Waals surface area contributed by atoms with Crippen molar-refractivity contribution < 1.29 is 0 Å². The quantitative estimate of drug-likeness (QED) is 0.824. The SMILES string of the molecule is CC1CC(N[C@H](C)C2CCCCC2)CN1C1CC1. The molecular weight excluding hydrogens is 220 g/mol. The highest BCUT2D eigenvalue weighted by Gasteiger charge is 2.39. The zero-order valence-electron chi connectivity index (χ0n) is 12.2. The van der Waals surface area contributed by atoms with E-state index in [4.69, 9.17) is 0 Å². The molecule has 18 heavy (non-hydrogen) atoms. The van der Waals surface area contributed by atoms with Crippen LogP contribution in [0.15, 0.2) is 0 Å². The second-order valence-electron chi connectivity index (χ2n) is 7.06. The Morgan fingerprint density at radius 1 is 1.06 bits per heavy atom. The van der Waals surface area contributed by atoms with Crippen molar-refractivity contribution in [3.05, 3.63) is 0 Å². The molecule has 104 valence electrons. The van der Waals surface area contributed by atoms with Gasteiger partial charge in [0.05, 0.1) is 0 Å². The maximum atomic E-state index is 3.95. The monoisotopic (exact) mass is 250 g/mol. The summed E-state index contributed by atoms with van der Waals surface area (Å²) in [4.78, 5) is 2.76. The average Bonchev–Trinajstić information content (AvgIpc) is 3.15. The molecule has 2 aliphatic carbocycles. The first-order valence-electron chi connectivity index (χ1n) is 8.26. The van der Waals surface area contributed by atoms with Gasteiger partial charge in [-0.2, -0.15) is 0 Å². The van der Waals surface area contributed by atoms with Gasteiger partial charge in [0, 0.05) is 30.7 Å². The van der Waals surface area contributed by atoms with Crippen molar-refractivity contribution in [2.75, 3.05) is 6.54 Å². The molecule has 0 amide bonds. The van der Waals surface area contributed by atoms with Gasteiger partial charge >= 0.3 is 0 Å². The van der Waals surface area contributed by atoms with Crippen LogP contribution in [0.4, 0.5) is 0 Å². The number of hydrogen-bond acceptors (Lipinski definition) is 2. The molecule has 0 radical (unpaired) electrons. The molecular formula is C16H30N2. The highest BCUT2D eigenvalue weighted by Crippen LogP contribution is 2.34. The topological polar surface area (TPSA) is 15.3 Å². The summed E-state index contributed by atoms with van der Waals surface area (Å²) in [5.41, 5.74) is 0. The molecule has 1 aliphatic heterocycles. The number of nitrogens with one attached hydrogen (secondary N) is 1. The van der Waals surface area contributed by atoms with Gasteiger partial charge in [-0.3, -0.25) is 4.90 Å². The van der Waals surface area contributed by atoms with Crippen molar-refractivity contribution in [3.63, 3.8) is 0 Å². The van der Waals surface area contributed by atoms with Crippen molar-refractivity contribution in [2.45, 2.75) is 89.4 Å². The van der Waals surface area contributed by atoms with Gasteiger partial charge in [-0.15, -0.1) is 0 Å². The van der Waals surface area contributed by atoms with E-state index in [-0.39, 0.29) is 0 Å². The molecule has 3 rings (SSSR count). The zero-order valence-corrected chi connectivity index (χ0v) is 12.2. The standard InChI is InChI=1S/C16H30N2/c1-12-10-15(11-18(12)16-8-9-16)17-13(2)14-6-4-3-5-7-14/h12-17H,3-11H2,1-2H3/t12?,13-,15?/m1/s1. The average molecular weight is 250 g/mol. The second-order valence-corrected chi connectivity index (χ2v) is 7.06. The lowest BCUT2D eigenvalue weighted by Gasteiger charge is -2.30. The van der Waals surface area contributed by atoms with Crippen LogP contribution in [-0.2, 0) is 0 Å². The molecule has 3 fully saturated rings. The summed E-state index contributed by atoms with van der Waals surface area (Å²) in [5.74, 6) is 0.948. The van der Waals surface area contributed by atoms with Crippen molar-refractivity contribution in [3.8, 4) is 0 Å². The number of hydrogen-bond donors (Lipinski definition) is 1. The summed E-state index contributed by atoms with van der Waals surface area (Å²) in [7, 11) is 0. The Morgan fingerprint density at radius 3 is 2.44 bits per heavy atom. The third-order valence-electron chi connectivity index (χ3n) is 5.49. The van der Waals surface area contributed by atoms with Crippen LogP contribution in [0.3, 0.4) is 0 Å². The zero-order chi connectivity index (χ0) is 12.5. The van der Waals surface area contributed by atoms with Gasteiger partial charge in [-0.1, -0.05) is 19.3 Å². The van der Waals surface area contributed by atoms with Gasteiger partial charge in [-0.25, -0.2) is 0 Å². The lowest BCUT2D eigenvalue weighted by atomic mass is 9.84. The van der Waals surface area contributed by atoms with Crippen LogP contribution in [0.25, 0.3) is 0 Å². The molecule has 1 saturated heterocycles. The van der Waals surface area contributed by atoms with E-state index in [1.54, 1.807) is 0 Å². The minimum Gasteiger partial charge on any atom is -0.310 e. The van der Waals surface area contributed by atoms with Crippen molar-refractivity contribution in [1.29, 1.82) is 0 Å². The molecule has 0 aromatic carbocycles. The summed E-state index contributed by atoms with van der Waals surface area (Å²) < 4.78 is 0. The lowest BCUT2D eigenvalue weighted by molar-refractivity contribution is 0.243. The predicted octanol–water partition coefficient (Wildman–Crippen LogP) is 3.17. The minimum absolute atomic E-state index is 0.738. The van der Waals surface area contributed by atoms with E-state index in [1.807, 2.05) is 0 Å². The van der Waals surface area contributed by atoms with Gasteiger partial charge in [0.15, 0.2) is 0 Å². The maximum absolute atomic E-state index is 3.95. The van der Waals surface area contributed by atoms with Gasteiger partial charge in [0.2, 0.25) is 0 Å². The Kier molecular flexibility index (Phi) is 3.95. The Balaban J connectivity index is 1.47. The van der Waals surface area contributed by atoms with Crippen LogP contribution >= 0.6 is 0 Å². The molecule has 1 heterocycles. The Bertz CT molecular complexity index is 268. The normalized spacial score (nSPS) is 37.0. The largest absolute Gasteiger partial charge is 0.310 e. The van der Waals surface area contributed by atoms with Crippen LogP contribution in [0.2, 0.25) is 0 Å². The third-order valence-corrected chi connectivity index (χ3v) is 5.49. The van der Waals surface area contributed by atoms with E-state index >= 15 is 0 Å². The van der Waals surface area contributed by atoms with E-state index in [1.165, 1.54) is 57.9 Å². The van der Waals surface area contributed by atoms with Crippen LogP contribution < -0.4 is 5.32 Å². The number of rotatable bonds is 4. The molecule has 2 heteroatoms. The molecule has 3 aliphatic rings. The van der Waals surface area contributed by atoms with Crippen LogP contribution in [0.1, 0.15) is 65.2 Å². The lowest BCUT2D eigenvalue weighted by Crippen LogP contribution is -2.43. The highest BCUT2D eigenvalue weighted by molar-refractivity contribution is 4.96. The fourth-order valence-corrected chi connectivity index (χ4v) is 4.23. The first kappa shape index (κ1) is 12.9. The molecule has 2 nitrogen and oxygen atoms in total. The molecule has 0 spiro atoms. The van der Waals surface area contributed by atoms with E-state index in [9.17, 15) is 0 Å². The summed E-state index contributed by atoms with van der Waals surface area (Å²) in [6, 6.07) is 3.25. The molecule has 2 saturated carbocycles. The van der Waals surface area contributed by atoms with Gasteiger partial charge in [-0.05, 0) is 51.9 Å². The Morgan fingerprint density at radius 2 is 1.78 bits per heavy atom. The van der Waals surface area contributed by atoms with Gasteiger partial charge in [0.1, 0.15) is 0 Å². The minimum atomic E-state index is 0.738. The van der Waals surface area contributed by atoms with Gasteiger partial charge in [0.25, 0.3) is 0 Å². The predicted molar refractivity (Wildman–Crippen MR) is 76.8 cm³/mol. The fraction of sp³-hybridized carbons (Fsp3) is 1.00. The molecule has 0 bridgehead atoms. The summed E-state index contributed by atoms with van der Waals surface area (Å²) in [6.07, 6.45) is 11.6. The van der Waals surface area contributed by atoms with Gasteiger partial charge < -0.3 is 5.32 Å². The molecule has 0 aromatic rings. The van der Waals surface area contributed by atoms with E-state index in [0.29, 0.717) is 0 Å². The smallest absolute Gasteiger partial charge is 0.0212 e. The third kappa shape index (κ3) is 2.91. The Labute approximate surface area is 113 Å². The Hall–Kier alpha value is -0.0800. The van der Waals surface area contributed by atoms with Crippen molar-refractivity contribution >= 4 is 0 Å². The second kappa shape index (κ2) is 5.50. The van der Waals surface area contributed by atoms with Crippen molar-refractivity contribution in [2.24, 2.45) is 5.92 Å². The summed E-state index contributed by atoms with van der Waals surface area (Å²) in [6.45, 7) is 6.16. The molecule has 3 atom stereocenters. The van der Waals surface area contributed by atoms with E-state index < -0.39 is 0 Å². The fourth-order valence-electron chi connectivity index (χ4n) is 4.23. The molecule has 0 aromatic heterocycles. The highest BCUT2D eigenvalue weighted by atomic mass is 15.3. The van der Waals surface area contributed by atoms with E-state index in [0.717, 1.165) is 30.1 Å². The molecule has 1 N–H and O–H groups in total. The van der Waals surface area contributed by atoms with Crippen LogP contribution in [-0.4, -0.2) is 35.6 Å².